The van der Waals surface area contributed by atoms with Gasteiger partial charge in [0.1, 0.15) is 0 Å². The first-order valence-electron chi connectivity index (χ1n) is 6.49. The fraction of sp³-hybridized carbons (Fsp3) is 0.917. The van der Waals surface area contributed by atoms with Crippen molar-refractivity contribution in [2.45, 2.75) is 32.3 Å². The zero-order valence-corrected chi connectivity index (χ0v) is 11.8. The van der Waals surface area contributed by atoms with E-state index in [1.165, 1.54) is 18.6 Å². The van der Waals surface area contributed by atoms with Crippen LogP contribution in [0.25, 0.3) is 0 Å². The van der Waals surface area contributed by atoms with Crippen molar-refractivity contribution in [3.63, 3.8) is 0 Å². The molecule has 1 unspecified atom stereocenters. The average molecular weight is 259 g/mol. The predicted octanol–water partition coefficient (Wildman–Crippen LogP) is 1.47. The molecular formula is C12H25N3OS. The Morgan fingerprint density at radius 2 is 2.35 bits per heavy atom. The highest BCUT2D eigenvalue weighted by Gasteiger charge is 2.14. The third-order valence-corrected chi connectivity index (χ3v) is 3.34. The molecule has 5 heteroatoms. The maximum atomic E-state index is 5.56. The van der Waals surface area contributed by atoms with E-state index in [0.29, 0.717) is 6.10 Å². The summed E-state index contributed by atoms with van der Waals surface area (Å²) in [5.74, 6) is 2.11. The van der Waals surface area contributed by atoms with E-state index >= 15 is 0 Å². The van der Waals surface area contributed by atoms with Crippen LogP contribution in [0.1, 0.15) is 26.2 Å². The van der Waals surface area contributed by atoms with Crippen LogP contribution in [0.15, 0.2) is 4.99 Å². The summed E-state index contributed by atoms with van der Waals surface area (Å²) in [5, 5.41) is 6.61. The molecule has 1 rings (SSSR count). The number of rotatable bonds is 7. The lowest BCUT2D eigenvalue weighted by Gasteiger charge is -2.12. The topological polar surface area (TPSA) is 45.7 Å². The van der Waals surface area contributed by atoms with Gasteiger partial charge in [-0.1, -0.05) is 0 Å². The number of hydrogen-bond acceptors (Lipinski definition) is 3. The predicted molar refractivity (Wildman–Crippen MR) is 76.0 cm³/mol. The number of thioether (sulfide) groups is 1. The first-order valence-corrected chi connectivity index (χ1v) is 7.89. The van der Waals surface area contributed by atoms with Gasteiger partial charge in [-0.05, 0) is 38.2 Å². The fourth-order valence-electron chi connectivity index (χ4n) is 1.75. The van der Waals surface area contributed by atoms with Crippen molar-refractivity contribution in [1.82, 2.24) is 10.6 Å². The summed E-state index contributed by atoms with van der Waals surface area (Å²) in [7, 11) is 0. The van der Waals surface area contributed by atoms with Crippen LogP contribution in [0.4, 0.5) is 0 Å². The molecule has 0 bridgehead atoms. The van der Waals surface area contributed by atoms with Crippen LogP contribution in [0.5, 0.6) is 0 Å². The van der Waals surface area contributed by atoms with Crippen LogP contribution in [0.3, 0.4) is 0 Å². The van der Waals surface area contributed by atoms with Crippen molar-refractivity contribution in [2.24, 2.45) is 4.99 Å². The second kappa shape index (κ2) is 9.59. The Hall–Kier alpha value is -0.420. The summed E-state index contributed by atoms with van der Waals surface area (Å²) in [4.78, 5) is 4.56. The maximum absolute atomic E-state index is 5.56. The molecule has 2 N–H and O–H groups in total. The molecule has 1 aliphatic heterocycles. The van der Waals surface area contributed by atoms with Crippen LogP contribution in [-0.2, 0) is 4.74 Å². The highest BCUT2D eigenvalue weighted by atomic mass is 32.2. The van der Waals surface area contributed by atoms with E-state index < -0.39 is 0 Å². The second-order valence-corrected chi connectivity index (χ2v) is 5.11. The Kier molecular flexibility index (Phi) is 8.26. The summed E-state index contributed by atoms with van der Waals surface area (Å²) in [5.41, 5.74) is 0. The van der Waals surface area contributed by atoms with E-state index in [2.05, 4.69) is 28.8 Å². The lowest BCUT2D eigenvalue weighted by Crippen LogP contribution is -2.38. The van der Waals surface area contributed by atoms with Gasteiger partial charge in [-0.2, -0.15) is 11.8 Å². The van der Waals surface area contributed by atoms with Crippen molar-refractivity contribution in [1.29, 1.82) is 0 Å². The van der Waals surface area contributed by atoms with Crippen LogP contribution in [0, 0.1) is 0 Å². The van der Waals surface area contributed by atoms with Crippen LogP contribution >= 0.6 is 11.8 Å². The number of nitrogens with zero attached hydrogens (tertiary/aromatic N) is 1. The molecule has 100 valence electrons. The molecule has 0 spiro atoms. The van der Waals surface area contributed by atoms with E-state index in [-0.39, 0.29) is 0 Å². The molecule has 0 aromatic rings. The molecule has 1 saturated heterocycles. The van der Waals surface area contributed by atoms with Gasteiger partial charge in [-0.25, -0.2) is 0 Å². The van der Waals surface area contributed by atoms with E-state index in [1.807, 2.05) is 11.8 Å². The minimum Gasteiger partial charge on any atom is -0.376 e. The van der Waals surface area contributed by atoms with E-state index in [9.17, 15) is 0 Å². The normalized spacial score (nSPS) is 20.6. The zero-order valence-electron chi connectivity index (χ0n) is 11.0. The zero-order chi connectivity index (χ0) is 12.3. The molecule has 1 heterocycles. The fourth-order valence-corrected chi connectivity index (χ4v) is 2.18. The standard InChI is InChI=1S/C12H25N3OS/c1-3-13-12(14-7-5-9-17-2)15-10-11-6-4-8-16-11/h11H,3-10H2,1-2H3,(H2,13,14,15). The average Bonchev–Trinajstić information content (AvgIpc) is 2.84. The number of nitrogens with one attached hydrogen (secondary N) is 2. The van der Waals surface area contributed by atoms with Gasteiger partial charge in [-0.15, -0.1) is 0 Å². The van der Waals surface area contributed by atoms with Gasteiger partial charge in [0.05, 0.1) is 12.6 Å². The summed E-state index contributed by atoms with van der Waals surface area (Å²) in [6.45, 7) is 5.65. The Labute approximate surface area is 109 Å². The molecule has 1 aliphatic rings. The molecule has 0 amide bonds. The highest BCUT2D eigenvalue weighted by Crippen LogP contribution is 2.11. The molecule has 0 aliphatic carbocycles. The van der Waals surface area contributed by atoms with E-state index in [1.54, 1.807) is 0 Å². The molecule has 0 aromatic heterocycles. The van der Waals surface area contributed by atoms with Crippen LogP contribution < -0.4 is 10.6 Å². The second-order valence-electron chi connectivity index (χ2n) is 4.13. The third-order valence-electron chi connectivity index (χ3n) is 2.64. The van der Waals surface area contributed by atoms with Gasteiger partial charge in [0.15, 0.2) is 5.96 Å². The Morgan fingerprint density at radius 3 is 3.00 bits per heavy atom. The van der Waals surface area contributed by atoms with Gasteiger partial charge in [0.25, 0.3) is 0 Å². The van der Waals surface area contributed by atoms with Crippen LogP contribution in [-0.4, -0.2) is 50.3 Å². The maximum Gasteiger partial charge on any atom is 0.191 e. The molecule has 0 radical (unpaired) electrons. The molecular weight excluding hydrogens is 234 g/mol. The van der Waals surface area contributed by atoms with Crippen molar-refractivity contribution < 1.29 is 4.74 Å². The highest BCUT2D eigenvalue weighted by molar-refractivity contribution is 7.98. The number of hydrogen-bond donors (Lipinski definition) is 2. The molecule has 1 fully saturated rings. The lowest BCUT2D eigenvalue weighted by molar-refractivity contribution is 0.117. The summed E-state index contributed by atoms with van der Waals surface area (Å²) in [6, 6.07) is 0. The van der Waals surface area contributed by atoms with Gasteiger partial charge in [-0.3, -0.25) is 4.99 Å². The third kappa shape index (κ3) is 6.78. The smallest absolute Gasteiger partial charge is 0.191 e. The van der Waals surface area contributed by atoms with Gasteiger partial charge >= 0.3 is 0 Å². The largest absolute Gasteiger partial charge is 0.376 e. The monoisotopic (exact) mass is 259 g/mol. The van der Waals surface area contributed by atoms with Crippen LogP contribution in [0.2, 0.25) is 0 Å². The van der Waals surface area contributed by atoms with Gasteiger partial charge in [0, 0.05) is 19.7 Å². The summed E-state index contributed by atoms with van der Waals surface area (Å²) >= 11 is 1.88. The van der Waals surface area contributed by atoms with E-state index in [0.717, 1.165) is 38.6 Å². The van der Waals surface area contributed by atoms with Crippen molar-refractivity contribution in [3.8, 4) is 0 Å². The van der Waals surface area contributed by atoms with Crippen molar-refractivity contribution in [2.75, 3.05) is 38.2 Å². The molecule has 4 nitrogen and oxygen atoms in total. The minimum atomic E-state index is 0.330. The Morgan fingerprint density at radius 1 is 1.47 bits per heavy atom. The number of aliphatic imine (C=N–C) groups is 1. The minimum absolute atomic E-state index is 0.330. The molecule has 1 atom stereocenters. The molecule has 0 saturated carbocycles. The molecule has 17 heavy (non-hydrogen) atoms. The SMILES string of the molecule is CCNC(=NCC1CCCO1)NCCCSC. The Bertz CT molecular complexity index is 218. The quantitative estimate of drug-likeness (QED) is 0.413. The molecule has 0 aromatic carbocycles. The first kappa shape index (κ1) is 14.6. The first-order chi connectivity index (χ1) is 8.36. The van der Waals surface area contributed by atoms with E-state index in [4.69, 9.17) is 4.74 Å². The Balaban J connectivity index is 2.22. The van der Waals surface area contributed by atoms with Gasteiger partial charge in [0.2, 0.25) is 0 Å². The van der Waals surface area contributed by atoms with Crippen molar-refractivity contribution >= 4 is 17.7 Å². The number of ether oxygens (including phenoxy) is 1. The lowest BCUT2D eigenvalue weighted by atomic mass is 10.2. The number of guanidine groups is 1. The summed E-state index contributed by atoms with van der Waals surface area (Å²) < 4.78 is 5.56. The van der Waals surface area contributed by atoms with Crippen molar-refractivity contribution in [3.05, 3.63) is 0 Å². The summed E-state index contributed by atoms with van der Waals surface area (Å²) in [6.07, 6.45) is 5.96. The van der Waals surface area contributed by atoms with Gasteiger partial charge < -0.3 is 15.4 Å².